The lowest BCUT2D eigenvalue weighted by atomic mass is 9.46. The van der Waals surface area contributed by atoms with Crippen molar-refractivity contribution in [1.29, 1.82) is 0 Å². The number of β-amino-alcohol motifs (C(OH)–C–C–N with tert-alkyl or cyclic N) is 1. The Morgan fingerprint density at radius 1 is 1.05 bits per heavy atom. The maximum absolute atomic E-state index is 13.5. The summed E-state index contributed by atoms with van der Waals surface area (Å²) in [6, 6.07) is 0.0968. The second-order valence-electron chi connectivity index (χ2n) is 14.8. The zero-order valence-electron chi connectivity index (χ0n) is 24.8. The van der Waals surface area contributed by atoms with Gasteiger partial charge in [0.05, 0.1) is 12.6 Å². The summed E-state index contributed by atoms with van der Waals surface area (Å²) in [6.07, 6.45) is 17.4. The first-order valence-electron chi connectivity index (χ1n) is 15.4. The zero-order valence-corrected chi connectivity index (χ0v) is 24.8. The Morgan fingerprint density at radius 2 is 1.76 bits per heavy atom. The molecule has 4 heteroatoms. The Labute approximate surface area is 226 Å². The predicted octanol–water partition coefficient (Wildman–Crippen LogP) is 5.96. The Balaban J connectivity index is 1.31. The number of aliphatic hydroxyl groups is 1. The molecule has 37 heavy (non-hydrogen) atoms. The minimum atomic E-state index is 0.0739. The standard InChI is InChI=1S/C33H54N2O2/c1-22(8-9-23-16-19-35(20-21-36)31(23,2)3)25-12-13-26-24-10-11-28-30(37)29(34(6)7)15-18-33(28,5)27(24)14-17-32(25,26)4/h9-11,22,24-29,36H,8,12-21H2,1-7H3/b23-9+/t22-,24+,25-,26+,27+,28?,29+,32-,33-/m1/s1. The minimum absolute atomic E-state index is 0.0739. The highest BCUT2D eigenvalue weighted by Crippen LogP contribution is 2.66. The maximum atomic E-state index is 13.5. The Morgan fingerprint density at radius 3 is 2.46 bits per heavy atom. The summed E-state index contributed by atoms with van der Waals surface area (Å²) in [6.45, 7) is 14.4. The third-order valence-electron chi connectivity index (χ3n) is 12.7. The fraction of sp³-hybridized carbons (Fsp3) is 0.848. The van der Waals surface area contributed by atoms with Gasteiger partial charge in [-0.2, -0.15) is 0 Å². The van der Waals surface area contributed by atoms with Crippen LogP contribution in [0.4, 0.5) is 0 Å². The zero-order chi connectivity index (χ0) is 26.8. The van der Waals surface area contributed by atoms with E-state index in [-0.39, 0.29) is 29.5 Å². The number of rotatable bonds is 6. The van der Waals surface area contributed by atoms with Crippen LogP contribution in [-0.2, 0) is 4.79 Å². The van der Waals surface area contributed by atoms with E-state index in [1.165, 1.54) is 38.5 Å². The van der Waals surface area contributed by atoms with Crippen LogP contribution in [0.3, 0.4) is 0 Å². The highest BCUT2D eigenvalue weighted by molar-refractivity contribution is 5.89. The van der Waals surface area contributed by atoms with E-state index in [9.17, 15) is 9.90 Å². The normalized spacial score (nSPS) is 45.2. The van der Waals surface area contributed by atoms with Crippen LogP contribution >= 0.6 is 0 Å². The summed E-state index contributed by atoms with van der Waals surface area (Å²) in [4.78, 5) is 18.1. The van der Waals surface area contributed by atoms with Crippen molar-refractivity contribution in [2.45, 2.75) is 97.6 Å². The molecule has 0 bridgehead atoms. The number of carbonyl (C=O) groups is 1. The summed E-state index contributed by atoms with van der Waals surface area (Å²) in [5.41, 5.74) is 2.21. The largest absolute Gasteiger partial charge is 0.395 e. The van der Waals surface area contributed by atoms with E-state index >= 15 is 0 Å². The van der Waals surface area contributed by atoms with Gasteiger partial charge in [-0.25, -0.2) is 0 Å². The van der Waals surface area contributed by atoms with E-state index in [1.54, 1.807) is 5.57 Å². The number of fused-ring (bicyclic) bond motifs is 5. The second kappa shape index (κ2) is 9.89. The lowest BCUT2D eigenvalue weighted by Gasteiger charge is -2.59. The van der Waals surface area contributed by atoms with E-state index in [4.69, 9.17) is 0 Å². The molecule has 0 amide bonds. The Kier molecular flexibility index (Phi) is 7.38. The number of hydrogen-bond donors (Lipinski definition) is 1. The number of likely N-dealkylation sites (tertiary alicyclic amines) is 1. The molecule has 3 saturated carbocycles. The quantitative estimate of drug-likeness (QED) is 0.448. The van der Waals surface area contributed by atoms with Crippen molar-refractivity contribution < 1.29 is 9.90 Å². The van der Waals surface area contributed by atoms with Gasteiger partial charge in [-0.15, -0.1) is 0 Å². The molecule has 0 aromatic rings. The molecule has 4 nitrogen and oxygen atoms in total. The van der Waals surface area contributed by atoms with E-state index in [2.05, 4.69) is 76.7 Å². The van der Waals surface area contributed by atoms with Crippen LogP contribution in [0.1, 0.15) is 86.0 Å². The van der Waals surface area contributed by atoms with Crippen molar-refractivity contribution in [3.63, 3.8) is 0 Å². The Hall–Kier alpha value is -0.970. The predicted molar refractivity (Wildman–Crippen MR) is 152 cm³/mol. The first kappa shape index (κ1) is 27.6. The first-order valence-corrected chi connectivity index (χ1v) is 15.4. The number of allylic oxidation sites excluding steroid dienone is 3. The van der Waals surface area contributed by atoms with Gasteiger partial charge >= 0.3 is 0 Å². The van der Waals surface area contributed by atoms with Gasteiger partial charge in [0.25, 0.3) is 0 Å². The molecule has 1 heterocycles. The molecule has 0 radical (unpaired) electrons. The van der Waals surface area contributed by atoms with Crippen molar-refractivity contribution in [3.8, 4) is 0 Å². The summed E-state index contributed by atoms with van der Waals surface area (Å²) in [5.74, 6) is 4.17. The highest BCUT2D eigenvalue weighted by atomic mass is 16.3. The molecule has 208 valence electrons. The molecule has 5 rings (SSSR count). The highest BCUT2D eigenvalue weighted by Gasteiger charge is 2.61. The van der Waals surface area contributed by atoms with Gasteiger partial charge < -0.3 is 5.11 Å². The number of hydrogen-bond acceptors (Lipinski definition) is 4. The molecule has 0 aromatic heterocycles. The SMILES string of the molecule is C[C@H](C/C=C1\CCN(CCO)C1(C)C)[C@H]1CC[C@H]2[C@@H]3C=CC4C(=O)[C@@H](N(C)C)CC[C@]4(C)[C@H]3CC[C@]12C. The van der Waals surface area contributed by atoms with Crippen molar-refractivity contribution >= 4 is 5.78 Å². The average molecular weight is 511 g/mol. The molecule has 1 aliphatic heterocycles. The van der Waals surface area contributed by atoms with Crippen LogP contribution in [0.2, 0.25) is 0 Å². The molecule has 1 saturated heterocycles. The number of carbonyl (C=O) groups excluding carboxylic acids is 1. The lowest BCUT2D eigenvalue weighted by molar-refractivity contribution is -0.141. The van der Waals surface area contributed by atoms with Crippen LogP contribution < -0.4 is 0 Å². The number of Topliss-reactive ketones (excluding diaryl/α,β-unsaturated/α-hetero) is 1. The number of nitrogens with zero attached hydrogens (tertiary/aromatic N) is 2. The van der Waals surface area contributed by atoms with Crippen LogP contribution in [-0.4, -0.2) is 66.1 Å². The number of likely N-dealkylation sites (N-methyl/N-ethyl adjacent to an activating group) is 1. The third-order valence-corrected chi connectivity index (χ3v) is 12.7. The maximum Gasteiger partial charge on any atom is 0.157 e. The van der Waals surface area contributed by atoms with Gasteiger partial charge in [-0.1, -0.05) is 44.6 Å². The topological polar surface area (TPSA) is 43.8 Å². The van der Waals surface area contributed by atoms with E-state index in [1.807, 2.05) is 0 Å². The smallest absolute Gasteiger partial charge is 0.157 e. The summed E-state index contributed by atoms with van der Waals surface area (Å²) < 4.78 is 0. The number of ketones is 1. The van der Waals surface area contributed by atoms with Crippen molar-refractivity contribution in [3.05, 3.63) is 23.8 Å². The third kappa shape index (κ3) is 4.32. The lowest BCUT2D eigenvalue weighted by Crippen LogP contribution is -2.57. The molecular weight excluding hydrogens is 456 g/mol. The molecule has 4 fully saturated rings. The van der Waals surface area contributed by atoms with E-state index in [0.29, 0.717) is 29.0 Å². The molecule has 0 spiro atoms. The van der Waals surface area contributed by atoms with E-state index in [0.717, 1.165) is 37.8 Å². The van der Waals surface area contributed by atoms with Crippen molar-refractivity contribution in [2.24, 2.45) is 46.3 Å². The fourth-order valence-electron chi connectivity index (χ4n) is 10.4. The fourth-order valence-corrected chi connectivity index (χ4v) is 10.4. The summed E-state index contributed by atoms with van der Waals surface area (Å²) >= 11 is 0. The second-order valence-corrected chi connectivity index (χ2v) is 14.8. The van der Waals surface area contributed by atoms with Gasteiger partial charge in [-0.05, 0) is 120 Å². The van der Waals surface area contributed by atoms with Gasteiger partial charge in [0, 0.05) is 24.5 Å². The van der Waals surface area contributed by atoms with Crippen LogP contribution in [0.5, 0.6) is 0 Å². The van der Waals surface area contributed by atoms with Gasteiger partial charge in [0.2, 0.25) is 0 Å². The van der Waals surface area contributed by atoms with Gasteiger partial charge in [-0.3, -0.25) is 14.6 Å². The van der Waals surface area contributed by atoms with Gasteiger partial charge in [0.1, 0.15) is 0 Å². The minimum Gasteiger partial charge on any atom is -0.395 e. The summed E-state index contributed by atoms with van der Waals surface area (Å²) in [7, 11) is 4.14. The van der Waals surface area contributed by atoms with Gasteiger partial charge in [0.15, 0.2) is 5.78 Å². The molecule has 5 aliphatic rings. The van der Waals surface area contributed by atoms with Crippen molar-refractivity contribution in [2.75, 3.05) is 33.8 Å². The molecular formula is C33H54N2O2. The van der Waals surface area contributed by atoms with Crippen molar-refractivity contribution in [1.82, 2.24) is 9.80 Å². The monoisotopic (exact) mass is 510 g/mol. The number of aliphatic hydroxyl groups excluding tert-OH is 1. The Bertz CT molecular complexity index is 937. The van der Waals surface area contributed by atoms with E-state index < -0.39 is 0 Å². The molecule has 0 aromatic carbocycles. The van der Waals surface area contributed by atoms with Crippen LogP contribution in [0.25, 0.3) is 0 Å². The van der Waals surface area contributed by atoms with Crippen LogP contribution in [0.15, 0.2) is 23.8 Å². The summed E-state index contributed by atoms with van der Waals surface area (Å²) in [5, 5.41) is 9.47. The first-order chi connectivity index (χ1) is 17.4. The molecule has 9 atom stereocenters. The van der Waals surface area contributed by atoms with Crippen LogP contribution in [0, 0.1) is 46.3 Å². The molecule has 1 N–H and O–H groups in total. The average Bonchev–Trinajstić information content (AvgIpc) is 3.33. The molecule has 4 aliphatic carbocycles. The molecule has 1 unspecified atom stereocenters.